The molecule has 3 heterocycles. The summed E-state index contributed by atoms with van der Waals surface area (Å²) in [7, 11) is 0. The van der Waals surface area contributed by atoms with Crippen LogP contribution >= 0.6 is 23.1 Å². The Morgan fingerprint density at radius 2 is 2.03 bits per heavy atom. The molecule has 160 valence electrons. The van der Waals surface area contributed by atoms with Crippen molar-refractivity contribution in [3.05, 3.63) is 70.4 Å². The van der Waals surface area contributed by atoms with Crippen LogP contribution in [0, 0.1) is 10.1 Å². The summed E-state index contributed by atoms with van der Waals surface area (Å²) < 4.78 is 1.10. The Hall–Kier alpha value is -3.05. The van der Waals surface area contributed by atoms with E-state index in [1.165, 1.54) is 30.6 Å². The Morgan fingerprint density at radius 3 is 2.77 bits per heavy atom. The first kappa shape index (κ1) is 21.2. The van der Waals surface area contributed by atoms with Crippen molar-refractivity contribution in [1.29, 1.82) is 0 Å². The summed E-state index contributed by atoms with van der Waals surface area (Å²) in [6.45, 7) is 1.24. The molecule has 1 aromatic carbocycles. The number of thioether (sulfide) groups is 1. The Kier molecular flexibility index (Phi) is 6.73. The van der Waals surface area contributed by atoms with Gasteiger partial charge in [0.25, 0.3) is 11.6 Å². The topological polar surface area (TPSA) is 114 Å². The largest absolute Gasteiger partial charge is 0.357 e. The number of benzene rings is 1. The fourth-order valence-electron chi connectivity index (χ4n) is 3.31. The van der Waals surface area contributed by atoms with Gasteiger partial charge < -0.3 is 10.2 Å². The minimum absolute atomic E-state index is 0.0213. The average Bonchev–Trinajstić information content (AvgIpc) is 3.25. The molecule has 31 heavy (non-hydrogen) atoms. The van der Waals surface area contributed by atoms with E-state index in [2.05, 4.69) is 20.3 Å². The number of hydrogen-bond donors (Lipinski definition) is 1. The lowest BCUT2D eigenvalue weighted by molar-refractivity contribution is -0.384. The minimum atomic E-state index is -0.469. The molecule has 4 rings (SSSR count). The van der Waals surface area contributed by atoms with Crippen molar-refractivity contribution in [2.45, 2.75) is 28.8 Å². The summed E-state index contributed by atoms with van der Waals surface area (Å²) >= 11 is 3.27. The molecule has 0 radical (unpaired) electrons. The number of nitro groups is 1. The van der Waals surface area contributed by atoms with Crippen LogP contribution in [0.15, 0.2) is 53.4 Å². The van der Waals surface area contributed by atoms with E-state index < -0.39 is 4.92 Å². The van der Waals surface area contributed by atoms with Gasteiger partial charge in [-0.2, -0.15) is 0 Å². The number of anilines is 1. The molecule has 0 spiro atoms. The van der Waals surface area contributed by atoms with Crippen LogP contribution in [-0.2, 0) is 5.75 Å². The van der Waals surface area contributed by atoms with Crippen molar-refractivity contribution >= 4 is 39.8 Å². The molecule has 1 aliphatic heterocycles. The van der Waals surface area contributed by atoms with Gasteiger partial charge in [-0.3, -0.25) is 14.9 Å². The first-order valence-corrected chi connectivity index (χ1v) is 11.5. The number of amides is 1. The molecule has 11 heteroatoms. The summed E-state index contributed by atoms with van der Waals surface area (Å²) in [4.78, 5) is 37.4. The molecule has 1 unspecified atom stereocenters. The van der Waals surface area contributed by atoms with Gasteiger partial charge in [0.05, 0.1) is 15.3 Å². The maximum atomic E-state index is 12.8. The van der Waals surface area contributed by atoms with Crippen LogP contribution < -0.4 is 5.32 Å². The molecular weight excluding hydrogens is 436 g/mol. The number of nitro benzene ring substituents is 1. The molecule has 1 fully saturated rings. The van der Waals surface area contributed by atoms with E-state index in [0.717, 1.165) is 33.5 Å². The zero-order chi connectivity index (χ0) is 21.6. The highest BCUT2D eigenvalue weighted by atomic mass is 32.2. The highest BCUT2D eigenvalue weighted by Gasteiger charge is 2.25. The van der Waals surface area contributed by atoms with Gasteiger partial charge in [-0.25, -0.2) is 15.0 Å². The number of non-ortho nitro benzene ring substituents is 1. The van der Waals surface area contributed by atoms with E-state index in [4.69, 9.17) is 0 Å². The number of thiazole rings is 1. The van der Waals surface area contributed by atoms with E-state index in [-0.39, 0.29) is 17.6 Å². The molecule has 1 saturated heterocycles. The van der Waals surface area contributed by atoms with E-state index in [1.807, 2.05) is 6.20 Å². The van der Waals surface area contributed by atoms with Crippen LogP contribution in [0.2, 0.25) is 0 Å². The monoisotopic (exact) mass is 456 g/mol. The predicted molar refractivity (Wildman–Crippen MR) is 119 cm³/mol. The molecule has 0 aliphatic carbocycles. The molecule has 2 aromatic heterocycles. The van der Waals surface area contributed by atoms with Crippen molar-refractivity contribution in [3.63, 3.8) is 0 Å². The van der Waals surface area contributed by atoms with E-state index in [0.29, 0.717) is 18.7 Å². The summed E-state index contributed by atoms with van der Waals surface area (Å²) in [6, 6.07) is 5.87. The van der Waals surface area contributed by atoms with Crippen molar-refractivity contribution in [2.24, 2.45) is 0 Å². The van der Waals surface area contributed by atoms with Gasteiger partial charge in [-0.05, 0) is 30.5 Å². The molecule has 0 bridgehead atoms. The smallest absolute Gasteiger partial charge is 0.269 e. The molecule has 0 saturated carbocycles. The van der Waals surface area contributed by atoms with Gasteiger partial charge in [-0.15, -0.1) is 11.8 Å². The second-order valence-electron chi connectivity index (χ2n) is 7.06. The quantitative estimate of drug-likeness (QED) is 0.324. The number of nitrogens with zero attached hydrogens (tertiary/aromatic N) is 5. The number of carbonyl (C=O) groups excluding carboxylic acids is 1. The maximum Gasteiger partial charge on any atom is 0.269 e. The van der Waals surface area contributed by atoms with Crippen LogP contribution in [-0.4, -0.2) is 49.8 Å². The zero-order valence-corrected chi connectivity index (χ0v) is 18.1. The molecule has 1 aliphatic rings. The number of nitrogens with one attached hydrogen (secondary N) is 1. The van der Waals surface area contributed by atoms with E-state index in [1.54, 1.807) is 40.4 Å². The lowest BCUT2D eigenvalue weighted by Gasteiger charge is -2.33. The average molecular weight is 457 g/mol. The van der Waals surface area contributed by atoms with Gasteiger partial charge in [0, 0.05) is 55.0 Å². The van der Waals surface area contributed by atoms with Crippen molar-refractivity contribution in [2.75, 3.05) is 18.4 Å². The summed E-state index contributed by atoms with van der Waals surface area (Å²) in [5.41, 5.74) is 1.50. The third kappa shape index (κ3) is 5.56. The second-order valence-corrected chi connectivity index (χ2v) is 9.36. The second kappa shape index (κ2) is 9.84. The lowest BCUT2D eigenvalue weighted by atomic mass is 10.0. The van der Waals surface area contributed by atoms with Gasteiger partial charge in [0.15, 0.2) is 5.13 Å². The summed E-state index contributed by atoms with van der Waals surface area (Å²) in [5.74, 6) is 0.672. The summed E-state index contributed by atoms with van der Waals surface area (Å²) in [6.07, 6.45) is 8.81. The van der Waals surface area contributed by atoms with Crippen molar-refractivity contribution < 1.29 is 9.72 Å². The molecule has 9 nitrogen and oxygen atoms in total. The number of rotatable bonds is 7. The molecule has 1 amide bonds. The van der Waals surface area contributed by atoms with Gasteiger partial charge >= 0.3 is 0 Å². The minimum Gasteiger partial charge on any atom is -0.357 e. The van der Waals surface area contributed by atoms with Crippen LogP contribution in [0.1, 0.15) is 28.8 Å². The standard InChI is InChI=1S/C20H20N6O3S2/c27-19(15-3-5-17(6-4-15)26(28)29)25-7-1-2-16(11-25)24-20-23-10-18(31-20)30-12-14-8-21-13-22-9-14/h3-6,8-10,13,16H,1-2,7,11-12H2,(H,23,24). The third-order valence-electron chi connectivity index (χ3n) is 4.84. The Balaban J connectivity index is 1.32. The normalized spacial score (nSPS) is 16.1. The van der Waals surface area contributed by atoms with Crippen LogP contribution in [0.5, 0.6) is 0 Å². The lowest BCUT2D eigenvalue weighted by Crippen LogP contribution is -2.45. The maximum absolute atomic E-state index is 12.8. The highest BCUT2D eigenvalue weighted by Crippen LogP contribution is 2.31. The molecule has 3 aromatic rings. The SMILES string of the molecule is O=C(c1ccc([N+](=O)[O-])cc1)N1CCCC(Nc2ncc(SCc3cncnc3)s2)C1. The van der Waals surface area contributed by atoms with E-state index >= 15 is 0 Å². The number of hydrogen-bond acceptors (Lipinski definition) is 9. The summed E-state index contributed by atoms with van der Waals surface area (Å²) in [5, 5.41) is 15.1. The third-order valence-corrected chi connectivity index (χ3v) is 7.04. The fourth-order valence-corrected chi connectivity index (χ4v) is 5.18. The number of aromatic nitrogens is 3. The van der Waals surface area contributed by atoms with Crippen LogP contribution in [0.4, 0.5) is 10.8 Å². The molecule has 1 atom stereocenters. The Labute approximate surface area is 187 Å². The van der Waals surface area contributed by atoms with Crippen molar-refractivity contribution in [3.8, 4) is 0 Å². The first-order chi connectivity index (χ1) is 15.1. The number of carbonyl (C=O) groups is 1. The van der Waals surface area contributed by atoms with Gasteiger partial charge in [0.1, 0.15) is 6.33 Å². The predicted octanol–water partition coefficient (Wildman–Crippen LogP) is 3.85. The number of likely N-dealkylation sites (tertiary alicyclic amines) is 1. The number of piperidine rings is 1. The molecule has 1 N–H and O–H groups in total. The van der Waals surface area contributed by atoms with Gasteiger partial charge in [-0.1, -0.05) is 11.3 Å². The van der Waals surface area contributed by atoms with Crippen LogP contribution in [0.3, 0.4) is 0 Å². The Bertz CT molecular complexity index is 1040. The zero-order valence-electron chi connectivity index (χ0n) is 16.5. The first-order valence-electron chi connectivity index (χ1n) is 9.71. The Morgan fingerprint density at radius 1 is 1.26 bits per heavy atom. The van der Waals surface area contributed by atoms with Gasteiger partial charge in [0.2, 0.25) is 0 Å². The van der Waals surface area contributed by atoms with Crippen LogP contribution in [0.25, 0.3) is 0 Å². The molecular formula is C20H20N6O3S2. The van der Waals surface area contributed by atoms with Crippen molar-refractivity contribution in [1.82, 2.24) is 19.9 Å². The highest BCUT2D eigenvalue weighted by molar-refractivity contribution is 8.00. The van der Waals surface area contributed by atoms with E-state index in [9.17, 15) is 14.9 Å². The fraction of sp³-hybridized carbons (Fsp3) is 0.300.